The second-order valence-corrected chi connectivity index (χ2v) is 8.76. The van der Waals surface area contributed by atoms with Gasteiger partial charge in [-0.05, 0) is 85.1 Å². The van der Waals surface area contributed by atoms with Crippen molar-refractivity contribution in [2.45, 2.75) is 57.5 Å². The number of alkyl halides is 3. The Morgan fingerprint density at radius 2 is 1.50 bits per heavy atom. The van der Waals surface area contributed by atoms with Crippen LogP contribution in [0.2, 0.25) is 0 Å². The summed E-state index contributed by atoms with van der Waals surface area (Å²) in [5, 5.41) is 0. The molecule has 0 saturated heterocycles. The van der Waals surface area contributed by atoms with Crippen LogP contribution >= 0.6 is 0 Å². The number of hydrogen-bond donors (Lipinski definition) is 0. The molecular weight excluding hydrogens is 364 g/mol. The predicted octanol–water partition coefficient (Wildman–Crippen LogP) is 7.83. The average Bonchev–Trinajstić information content (AvgIpc) is 2.67. The third kappa shape index (κ3) is 3.97. The molecule has 2 aliphatic rings. The molecule has 4 rings (SSSR count). The van der Waals surface area contributed by atoms with Gasteiger partial charge < -0.3 is 0 Å². The first-order valence-corrected chi connectivity index (χ1v) is 10.3. The molecular formula is C24H26F4. The molecule has 0 aromatic heterocycles. The highest BCUT2D eigenvalue weighted by Gasteiger charge is 2.35. The smallest absolute Gasteiger partial charge is 0.206 e. The minimum absolute atomic E-state index is 0.350. The number of halogens is 4. The molecule has 0 spiro atoms. The maximum absolute atomic E-state index is 14.8. The van der Waals surface area contributed by atoms with Gasteiger partial charge in [-0.2, -0.15) is 13.2 Å². The van der Waals surface area contributed by atoms with E-state index in [0.29, 0.717) is 17.0 Å². The minimum atomic E-state index is -4.38. The second-order valence-electron chi connectivity index (χ2n) is 8.76. The van der Waals surface area contributed by atoms with Crippen molar-refractivity contribution < 1.29 is 17.6 Å². The molecule has 0 nitrogen and oxygen atoms in total. The van der Waals surface area contributed by atoms with Gasteiger partial charge in [0.25, 0.3) is 0 Å². The Morgan fingerprint density at radius 3 is 2.18 bits per heavy atom. The van der Waals surface area contributed by atoms with Gasteiger partial charge in [-0.3, -0.25) is 0 Å². The molecule has 28 heavy (non-hydrogen) atoms. The van der Waals surface area contributed by atoms with Crippen LogP contribution in [0.4, 0.5) is 17.6 Å². The van der Waals surface area contributed by atoms with Crippen LogP contribution in [-0.2, 0) is 6.18 Å². The summed E-state index contributed by atoms with van der Waals surface area (Å²) in [7, 11) is 0. The molecule has 0 aliphatic heterocycles. The van der Waals surface area contributed by atoms with E-state index in [-0.39, 0.29) is 5.82 Å². The number of fused-ring (bicyclic) bond motifs is 1. The molecule has 0 radical (unpaired) electrons. The van der Waals surface area contributed by atoms with E-state index < -0.39 is 11.7 Å². The van der Waals surface area contributed by atoms with Crippen LogP contribution in [0.3, 0.4) is 0 Å². The van der Waals surface area contributed by atoms with Gasteiger partial charge >= 0.3 is 6.18 Å². The number of hydrogen-bond acceptors (Lipinski definition) is 0. The molecule has 2 fully saturated rings. The predicted molar refractivity (Wildman–Crippen MR) is 103 cm³/mol. The van der Waals surface area contributed by atoms with Crippen LogP contribution in [0.25, 0.3) is 11.1 Å². The first-order chi connectivity index (χ1) is 13.3. The highest BCUT2D eigenvalue weighted by atomic mass is 19.4. The summed E-state index contributed by atoms with van der Waals surface area (Å²) in [6.45, 7) is 2.34. The summed E-state index contributed by atoms with van der Waals surface area (Å²) < 4.78 is 53.0. The minimum Gasteiger partial charge on any atom is -0.206 e. The molecule has 150 valence electrons. The fourth-order valence-corrected chi connectivity index (χ4v) is 5.28. The molecule has 4 heteroatoms. The Hall–Kier alpha value is -1.84. The molecule has 2 aromatic carbocycles. The van der Waals surface area contributed by atoms with E-state index in [1.807, 2.05) is 6.07 Å². The van der Waals surface area contributed by atoms with E-state index in [0.717, 1.165) is 48.3 Å². The fraction of sp³-hybridized carbons (Fsp3) is 0.500. The lowest BCUT2D eigenvalue weighted by Crippen LogP contribution is -2.29. The van der Waals surface area contributed by atoms with Crippen molar-refractivity contribution in [3.05, 3.63) is 59.4 Å². The maximum atomic E-state index is 14.8. The van der Waals surface area contributed by atoms with Crippen molar-refractivity contribution in [2.75, 3.05) is 0 Å². The Labute approximate surface area is 164 Å². The lowest BCUT2D eigenvalue weighted by atomic mass is 9.64. The van der Waals surface area contributed by atoms with Gasteiger partial charge in [0.1, 0.15) is 5.82 Å². The van der Waals surface area contributed by atoms with Crippen molar-refractivity contribution in [3.8, 4) is 11.1 Å². The van der Waals surface area contributed by atoms with Gasteiger partial charge in [0.05, 0.1) is 5.56 Å². The molecule has 2 aliphatic carbocycles. The lowest BCUT2D eigenvalue weighted by molar-refractivity contribution is -0.137. The first kappa shape index (κ1) is 19.5. The standard InChI is InChI=1S/C24H26F4/c1-15-2-3-18-13-19(5-4-17(18)12-15)20-8-11-22(23(25)14-20)16-6-9-21(10-7-16)24(26,27)28/h6-11,14-15,17-19H,2-5,12-13H2,1H3. The highest BCUT2D eigenvalue weighted by molar-refractivity contribution is 5.65. The summed E-state index contributed by atoms with van der Waals surface area (Å²) in [5.41, 5.74) is 1.15. The third-order valence-electron chi connectivity index (χ3n) is 6.86. The zero-order chi connectivity index (χ0) is 19.9. The molecule has 0 amide bonds. The number of benzene rings is 2. The molecule has 4 unspecified atom stereocenters. The van der Waals surface area contributed by atoms with Gasteiger partial charge in [-0.25, -0.2) is 4.39 Å². The highest BCUT2D eigenvalue weighted by Crippen LogP contribution is 2.47. The lowest BCUT2D eigenvalue weighted by Gasteiger charge is -2.41. The van der Waals surface area contributed by atoms with Crippen LogP contribution in [0.5, 0.6) is 0 Å². The molecule has 2 saturated carbocycles. The first-order valence-electron chi connectivity index (χ1n) is 10.3. The Morgan fingerprint density at radius 1 is 0.821 bits per heavy atom. The van der Waals surface area contributed by atoms with Crippen LogP contribution in [-0.4, -0.2) is 0 Å². The van der Waals surface area contributed by atoms with Gasteiger partial charge in [-0.15, -0.1) is 0 Å². The summed E-state index contributed by atoms with van der Waals surface area (Å²) in [5.74, 6) is 2.46. The van der Waals surface area contributed by atoms with Crippen LogP contribution in [0.15, 0.2) is 42.5 Å². The Balaban J connectivity index is 1.50. The van der Waals surface area contributed by atoms with E-state index in [1.54, 1.807) is 12.1 Å². The van der Waals surface area contributed by atoms with Gasteiger partial charge in [-0.1, -0.05) is 37.6 Å². The molecule has 0 bridgehead atoms. The Bertz CT molecular complexity index is 821. The van der Waals surface area contributed by atoms with Crippen LogP contribution in [0, 0.1) is 23.6 Å². The number of rotatable bonds is 2. The summed E-state index contributed by atoms with van der Waals surface area (Å²) in [4.78, 5) is 0. The van der Waals surface area contributed by atoms with Crippen molar-refractivity contribution in [1.82, 2.24) is 0 Å². The Kier molecular flexibility index (Phi) is 5.24. The van der Waals surface area contributed by atoms with E-state index in [1.165, 1.54) is 37.8 Å². The SMILES string of the molecule is CC1CCC2CC(c3ccc(-c4ccc(C(F)(F)F)cc4)c(F)c3)CCC2C1. The largest absolute Gasteiger partial charge is 0.416 e. The van der Waals surface area contributed by atoms with E-state index in [4.69, 9.17) is 0 Å². The third-order valence-corrected chi connectivity index (χ3v) is 6.86. The van der Waals surface area contributed by atoms with E-state index in [2.05, 4.69) is 6.92 Å². The van der Waals surface area contributed by atoms with Crippen LogP contribution in [0.1, 0.15) is 62.5 Å². The molecule has 2 aromatic rings. The van der Waals surface area contributed by atoms with Crippen LogP contribution < -0.4 is 0 Å². The summed E-state index contributed by atoms with van der Waals surface area (Å²) in [6, 6.07) is 9.99. The normalized spacial score (nSPS) is 28.0. The summed E-state index contributed by atoms with van der Waals surface area (Å²) in [6.07, 6.45) is 3.00. The zero-order valence-electron chi connectivity index (χ0n) is 16.1. The van der Waals surface area contributed by atoms with Crippen molar-refractivity contribution in [3.63, 3.8) is 0 Å². The molecule has 4 atom stereocenters. The van der Waals surface area contributed by atoms with Crippen molar-refractivity contribution >= 4 is 0 Å². The second kappa shape index (κ2) is 7.53. The maximum Gasteiger partial charge on any atom is 0.416 e. The molecule has 0 N–H and O–H groups in total. The van der Waals surface area contributed by atoms with E-state index >= 15 is 0 Å². The molecule has 0 heterocycles. The van der Waals surface area contributed by atoms with Gasteiger partial charge in [0.15, 0.2) is 0 Å². The van der Waals surface area contributed by atoms with Gasteiger partial charge in [0.2, 0.25) is 0 Å². The van der Waals surface area contributed by atoms with Gasteiger partial charge in [0, 0.05) is 5.56 Å². The average molecular weight is 390 g/mol. The van der Waals surface area contributed by atoms with Crippen molar-refractivity contribution in [2.24, 2.45) is 17.8 Å². The monoisotopic (exact) mass is 390 g/mol. The topological polar surface area (TPSA) is 0 Å². The summed E-state index contributed by atoms with van der Waals surface area (Å²) >= 11 is 0. The quantitative estimate of drug-likeness (QED) is 0.458. The fourth-order valence-electron chi connectivity index (χ4n) is 5.28. The van der Waals surface area contributed by atoms with Crippen molar-refractivity contribution in [1.29, 1.82) is 0 Å². The zero-order valence-corrected chi connectivity index (χ0v) is 16.1. The van der Waals surface area contributed by atoms with E-state index in [9.17, 15) is 17.6 Å².